The van der Waals surface area contributed by atoms with Crippen molar-refractivity contribution in [1.29, 1.82) is 0 Å². The van der Waals surface area contributed by atoms with Crippen LogP contribution in [0.15, 0.2) is 65.2 Å². The molecule has 1 aliphatic heterocycles. The molecular weight excluding hydrogens is 344 g/mol. The first kappa shape index (κ1) is 17.3. The van der Waals surface area contributed by atoms with Crippen LogP contribution in [0.1, 0.15) is 24.3 Å². The molecule has 1 aliphatic rings. The van der Waals surface area contributed by atoms with Gasteiger partial charge in [0.05, 0.1) is 17.8 Å². The molecule has 2 heterocycles. The number of hydrogen-bond donors (Lipinski definition) is 0. The number of oxazole rings is 1. The van der Waals surface area contributed by atoms with Gasteiger partial charge in [0.15, 0.2) is 5.76 Å². The van der Waals surface area contributed by atoms with Crippen LogP contribution in [-0.4, -0.2) is 23.0 Å². The fraction of sp³-hybridized carbons (Fsp3) is 0.318. The molecule has 3 aromatic rings. The maximum atomic E-state index is 6.24. The average Bonchev–Trinajstić information content (AvgIpc) is 3.13. The minimum atomic E-state index is 0.692. The highest BCUT2D eigenvalue weighted by Crippen LogP contribution is 2.29. The van der Waals surface area contributed by atoms with E-state index >= 15 is 0 Å². The predicted molar refractivity (Wildman–Crippen MR) is 105 cm³/mol. The van der Waals surface area contributed by atoms with E-state index in [1.165, 1.54) is 24.8 Å². The smallest absolute Gasteiger partial charge is 0.209 e. The second-order valence-corrected chi connectivity index (χ2v) is 7.41. The highest BCUT2D eigenvalue weighted by Gasteiger charge is 2.21. The number of nitrogens with zero attached hydrogens (tertiary/aromatic N) is 2. The molecule has 0 atom stereocenters. The topological polar surface area (TPSA) is 29.3 Å². The minimum absolute atomic E-state index is 0.692. The summed E-state index contributed by atoms with van der Waals surface area (Å²) in [6, 6.07) is 18.5. The Balaban J connectivity index is 1.32. The maximum Gasteiger partial charge on any atom is 0.209 e. The molecule has 0 spiro atoms. The summed E-state index contributed by atoms with van der Waals surface area (Å²) in [6.07, 6.45) is 5.42. The lowest BCUT2D eigenvalue weighted by molar-refractivity contribution is 0.164. The van der Waals surface area contributed by atoms with E-state index in [9.17, 15) is 0 Å². The maximum absolute atomic E-state index is 6.24. The summed E-state index contributed by atoms with van der Waals surface area (Å²) in [6.45, 7) is 2.96. The number of aromatic nitrogens is 1. The largest absolute Gasteiger partial charge is 0.439 e. The van der Waals surface area contributed by atoms with Gasteiger partial charge >= 0.3 is 0 Å². The van der Waals surface area contributed by atoms with E-state index in [-0.39, 0.29) is 0 Å². The van der Waals surface area contributed by atoms with Gasteiger partial charge < -0.3 is 4.42 Å². The van der Waals surface area contributed by atoms with Gasteiger partial charge in [0.2, 0.25) is 5.89 Å². The molecule has 0 unspecified atom stereocenters. The third-order valence-electron chi connectivity index (χ3n) is 5.13. The SMILES string of the molecule is Clc1ccccc1-c1cnc(CN2CCC(Cc3ccccc3)CC2)o1. The van der Waals surface area contributed by atoms with Gasteiger partial charge in [-0.1, -0.05) is 54.1 Å². The first-order valence-corrected chi connectivity index (χ1v) is 9.61. The molecule has 1 saturated heterocycles. The molecule has 0 aliphatic carbocycles. The summed E-state index contributed by atoms with van der Waals surface area (Å²) in [4.78, 5) is 6.88. The molecule has 2 aromatic carbocycles. The van der Waals surface area contributed by atoms with Crippen LogP contribution in [0, 0.1) is 5.92 Å². The van der Waals surface area contributed by atoms with Gasteiger partial charge in [0.1, 0.15) is 0 Å². The molecule has 0 N–H and O–H groups in total. The van der Waals surface area contributed by atoms with E-state index in [1.54, 1.807) is 6.20 Å². The van der Waals surface area contributed by atoms with Crippen molar-refractivity contribution in [3.63, 3.8) is 0 Å². The monoisotopic (exact) mass is 366 g/mol. The van der Waals surface area contributed by atoms with E-state index < -0.39 is 0 Å². The first-order chi connectivity index (χ1) is 12.8. The van der Waals surface area contributed by atoms with E-state index in [0.29, 0.717) is 5.02 Å². The lowest BCUT2D eigenvalue weighted by atomic mass is 9.90. The van der Waals surface area contributed by atoms with Crippen LogP contribution in [-0.2, 0) is 13.0 Å². The fourth-order valence-corrected chi connectivity index (χ4v) is 3.89. The second-order valence-electron chi connectivity index (χ2n) is 7.01. The van der Waals surface area contributed by atoms with Gasteiger partial charge in [-0.05, 0) is 56.0 Å². The molecule has 0 amide bonds. The van der Waals surface area contributed by atoms with Gasteiger partial charge in [-0.25, -0.2) is 4.98 Å². The lowest BCUT2D eigenvalue weighted by Crippen LogP contribution is -2.33. The number of piperidine rings is 1. The first-order valence-electron chi connectivity index (χ1n) is 9.24. The number of benzene rings is 2. The molecule has 0 bridgehead atoms. The van der Waals surface area contributed by atoms with Crippen LogP contribution in [0.25, 0.3) is 11.3 Å². The lowest BCUT2D eigenvalue weighted by Gasteiger charge is -2.31. The molecule has 134 valence electrons. The Bertz CT molecular complexity index is 838. The Hall–Kier alpha value is -2.10. The molecule has 0 saturated carbocycles. The zero-order chi connectivity index (χ0) is 17.8. The normalized spacial score (nSPS) is 16.0. The molecule has 4 heteroatoms. The van der Waals surface area contributed by atoms with Crippen LogP contribution in [0.2, 0.25) is 5.02 Å². The number of rotatable bonds is 5. The van der Waals surface area contributed by atoms with Crippen LogP contribution < -0.4 is 0 Å². The molecule has 1 fully saturated rings. The number of halogens is 1. The summed E-state index contributed by atoms with van der Waals surface area (Å²) in [7, 11) is 0. The van der Waals surface area contributed by atoms with Gasteiger partial charge in [-0.2, -0.15) is 0 Å². The van der Waals surface area contributed by atoms with Gasteiger partial charge in [-0.3, -0.25) is 4.90 Å². The zero-order valence-electron chi connectivity index (χ0n) is 14.8. The van der Waals surface area contributed by atoms with Crippen molar-refractivity contribution >= 4 is 11.6 Å². The van der Waals surface area contributed by atoms with Crippen molar-refractivity contribution in [3.8, 4) is 11.3 Å². The highest BCUT2D eigenvalue weighted by atomic mass is 35.5. The van der Waals surface area contributed by atoms with Crippen molar-refractivity contribution in [1.82, 2.24) is 9.88 Å². The summed E-state index contributed by atoms with van der Waals surface area (Å²) in [5.74, 6) is 2.28. The summed E-state index contributed by atoms with van der Waals surface area (Å²) >= 11 is 6.24. The van der Waals surface area contributed by atoms with Crippen LogP contribution in [0.4, 0.5) is 0 Å². The third-order valence-corrected chi connectivity index (χ3v) is 5.46. The van der Waals surface area contributed by atoms with Crippen molar-refractivity contribution in [3.05, 3.63) is 77.3 Å². The van der Waals surface area contributed by atoms with Crippen molar-refractivity contribution in [2.45, 2.75) is 25.8 Å². The van der Waals surface area contributed by atoms with Crippen molar-refractivity contribution in [2.24, 2.45) is 5.92 Å². The number of likely N-dealkylation sites (tertiary alicyclic amines) is 1. The summed E-state index contributed by atoms with van der Waals surface area (Å²) in [5, 5.41) is 0.692. The average molecular weight is 367 g/mol. The molecular formula is C22H23ClN2O. The molecule has 26 heavy (non-hydrogen) atoms. The quantitative estimate of drug-likeness (QED) is 0.601. The van der Waals surface area contributed by atoms with Crippen molar-refractivity contribution < 1.29 is 4.42 Å². The van der Waals surface area contributed by atoms with Gasteiger partial charge in [0.25, 0.3) is 0 Å². The van der Waals surface area contributed by atoms with Gasteiger partial charge in [-0.15, -0.1) is 0 Å². The third kappa shape index (κ3) is 4.17. The summed E-state index contributed by atoms with van der Waals surface area (Å²) < 4.78 is 5.94. The van der Waals surface area contributed by atoms with E-state index in [4.69, 9.17) is 16.0 Å². The Morgan fingerprint density at radius 1 is 1.00 bits per heavy atom. The van der Waals surface area contributed by atoms with E-state index in [2.05, 4.69) is 40.2 Å². The van der Waals surface area contributed by atoms with Crippen molar-refractivity contribution in [2.75, 3.05) is 13.1 Å². The van der Waals surface area contributed by atoms with Crippen LogP contribution in [0.3, 0.4) is 0 Å². The van der Waals surface area contributed by atoms with E-state index in [1.807, 2.05) is 24.3 Å². The van der Waals surface area contributed by atoms with E-state index in [0.717, 1.165) is 42.8 Å². The Morgan fingerprint density at radius 3 is 2.50 bits per heavy atom. The van der Waals surface area contributed by atoms with Gasteiger partial charge in [0, 0.05) is 5.56 Å². The highest BCUT2D eigenvalue weighted by molar-refractivity contribution is 6.33. The molecule has 1 aromatic heterocycles. The zero-order valence-corrected chi connectivity index (χ0v) is 15.5. The molecule has 0 radical (unpaired) electrons. The number of hydrogen-bond acceptors (Lipinski definition) is 3. The second kappa shape index (κ2) is 8.07. The molecule has 3 nitrogen and oxygen atoms in total. The minimum Gasteiger partial charge on any atom is -0.439 e. The van der Waals surface area contributed by atoms with Crippen LogP contribution >= 0.6 is 11.6 Å². The molecule has 4 rings (SSSR count). The standard InChI is InChI=1S/C22H23ClN2O/c23-20-9-5-4-8-19(20)21-15-24-22(26-21)16-25-12-10-18(11-13-25)14-17-6-2-1-3-7-17/h1-9,15,18H,10-14,16H2. The summed E-state index contributed by atoms with van der Waals surface area (Å²) in [5.41, 5.74) is 2.34. The Kier molecular flexibility index (Phi) is 5.37. The Morgan fingerprint density at radius 2 is 1.73 bits per heavy atom. The predicted octanol–water partition coefficient (Wildman–Crippen LogP) is 5.45. The van der Waals surface area contributed by atoms with Crippen LogP contribution in [0.5, 0.6) is 0 Å². The Labute approximate surface area is 159 Å². The fourth-order valence-electron chi connectivity index (χ4n) is 3.66.